The van der Waals surface area contributed by atoms with Crippen molar-refractivity contribution in [3.8, 4) is 0 Å². The third-order valence-corrected chi connectivity index (χ3v) is 4.97. The van der Waals surface area contributed by atoms with Gasteiger partial charge in [0.1, 0.15) is 5.92 Å². The van der Waals surface area contributed by atoms with E-state index in [0.29, 0.717) is 19.5 Å². The number of carbonyl (C=O) groups is 3. The highest BCUT2D eigenvalue weighted by Gasteiger charge is 2.41. The number of carboxylic acids is 1. The molecule has 1 N–H and O–H groups in total. The Balaban J connectivity index is 1.72. The second kappa shape index (κ2) is 6.90. The third-order valence-electron chi connectivity index (χ3n) is 4.30. The first-order valence-electron chi connectivity index (χ1n) is 7.68. The Kier molecular flexibility index (Phi) is 4.86. The number of morpholine rings is 1. The van der Waals surface area contributed by atoms with Crippen LogP contribution in [0.25, 0.3) is 0 Å². The molecule has 2 aliphatic heterocycles. The Labute approximate surface area is 147 Å². The molecule has 2 heterocycles. The van der Waals surface area contributed by atoms with Gasteiger partial charge in [0.15, 0.2) is 6.10 Å². The lowest BCUT2D eigenvalue weighted by Gasteiger charge is -2.32. The molecule has 2 amide bonds. The molecule has 0 unspecified atom stereocenters. The van der Waals surface area contributed by atoms with Gasteiger partial charge in [-0.1, -0.05) is 12.1 Å². The van der Waals surface area contributed by atoms with Crippen molar-refractivity contribution in [2.45, 2.75) is 12.5 Å². The number of para-hydroxylation sites is 1. The van der Waals surface area contributed by atoms with E-state index in [4.69, 9.17) is 9.84 Å². The van der Waals surface area contributed by atoms with E-state index >= 15 is 0 Å². The summed E-state index contributed by atoms with van der Waals surface area (Å²) in [5.41, 5.74) is 0.739. The molecule has 2 atom stereocenters. The zero-order chi connectivity index (χ0) is 17.3. The van der Waals surface area contributed by atoms with Crippen LogP contribution in [0.2, 0.25) is 0 Å². The van der Waals surface area contributed by atoms with Crippen molar-refractivity contribution >= 4 is 39.4 Å². The molecule has 7 nitrogen and oxygen atoms in total. The number of ether oxygens (including phenoxy) is 1. The van der Waals surface area contributed by atoms with Gasteiger partial charge in [-0.05, 0) is 34.5 Å². The number of rotatable bonds is 3. The average Bonchev–Trinajstić information content (AvgIpc) is 2.96. The molecule has 0 radical (unpaired) electrons. The van der Waals surface area contributed by atoms with Gasteiger partial charge in [-0.2, -0.15) is 0 Å². The van der Waals surface area contributed by atoms with E-state index in [2.05, 4.69) is 15.9 Å². The highest BCUT2D eigenvalue weighted by molar-refractivity contribution is 9.10. The number of hydrogen-bond donors (Lipinski definition) is 1. The van der Waals surface area contributed by atoms with Gasteiger partial charge in [-0.15, -0.1) is 0 Å². The van der Waals surface area contributed by atoms with Gasteiger partial charge in [0.05, 0.1) is 18.8 Å². The quantitative estimate of drug-likeness (QED) is 0.773. The summed E-state index contributed by atoms with van der Waals surface area (Å²) >= 11 is 3.42. The fourth-order valence-electron chi connectivity index (χ4n) is 3.04. The topological polar surface area (TPSA) is 87.2 Å². The molecule has 1 aromatic carbocycles. The van der Waals surface area contributed by atoms with E-state index in [1.165, 1.54) is 4.90 Å². The Morgan fingerprint density at radius 1 is 1.25 bits per heavy atom. The molecule has 0 aliphatic carbocycles. The van der Waals surface area contributed by atoms with Crippen LogP contribution in [0, 0.1) is 5.92 Å². The monoisotopic (exact) mass is 396 g/mol. The molecule has 2 aliphatic rings. The fraction of sp³-hybridized carbons (Fsp3) is 0.438. The molecule has 0 bridgehead atoms. The zero-order valence-electron chi connectivity index (χ0n) is 12.9. The van der Waals surface area contributed by atoms with E-state index in [0.717, 1.165) is 10.2 Å². The van der Waals surface area contributed by atoms with Crippen LogP contribution in [-0.4, -0.2) is 60.1 Å². The maximum absolute atomic E-state index is 12.7. The van der Waals surface area contributed by atoms with Crippen molar-refractivity contribution in [1.29, 1.82) is 0 Å². The molecule has 3 rings (SSSR count). The average molecular weight is 397 g/mol. The van der Waals surface area contributed by atoms with Gasteiger partial charge in [-0.3, -0.25) is 9.59 Å². The van der Waals surface area contributed by atoms with Crippen molar-refractivity contribution < 1.29 is 24.2 Å². The molecular formula is C16H17BrN2O5. The summed E-state index contributed by atoms with van der Waals surface area (Å²) in [5, 5.41) is 9.03. The van der Waals surface area contributed by atoms with Crippen LogP contribution in [0.4, 0.5) is 5.69 Å². The van der Waals surface area contributed by atoms with E-state index in [9.17, 15) is 14.4 Å². The smallest absolute Gasteiger partial charge is 0.334 e. The van der Waals surface area contributed by atoms with Crippen molar-refractivity contribution in [2.75, 3.05) is 31.1 Å². The highest BCUT2D eigenvalue weighted by atomic mass is 79.9. The summed E-state index contributed by atoms with van der Waals surface area (Å²) in [6.07, 6.45) is -0.604. The summed E-state index contributed by atoms with van der Waals surface area (Å²) < 4.78 is 5.92. The summed E-state index contributed by atoms with van der Waals surface area (Å²) in [6.45, 7) is 0.913. The molecule has 1 aromatic rings. The van der Waals surface area contributed by atoms with Gasteiger partial charge in [-0.25, -0.2) is 4.79 Å². The first-order chi connectivity index (χ1) is 11.5. The first-order valence-corrected chi connectivity index (χ1v) is 8.47. The number of benzene rings is 1. The number of carbonyl (C=O) groups excluding carboxylic acids is 2. The molecule has 0 spiro atoms. The van der Waals surface area contributed by atoms with E-state index < -0.39 is 18.0 Å². The van der Waals surface area contributed by atoms with Crippen LogP contribution in [-0.2, 0) is 19.1 Å². The lowest BCUT2D eigenvalue weighted by Crippen LogP contribution is -2.51. The lowest BCUT2D eigenvalue weighted by molar-refractivity contribution is -0.160. The van der Waals surface area contributed by atoms with Gasteiger partial charge < -0.3 is 19.6 Å². The van der Waals surface area contributed by atoms with Crippen LogP contribution in [0.5, 0.6) is 0 Å². The Morgan fingerprint density at radius 2 is 2.00 bits per heavy atom. The summed E-state index contributed by atoms with van der Waals surface area (Å²) in [4.78, 5) is 39.4. The minimum absolute atomic E-state index is 0.0209. The van der Waals surface area contributed by atoms with Gasteiger partial charge in [0.25, 0.3) is 0 Å². The van der Waals surface area contributed by atoms with Crippen molar-refractivity contribution in [2.24, 2.45) is 5.92 Å². The molecule has 24 heavy (non-hydrogen) atoms. The van der Waals surface area contributed by atoms with Crippen molar-refractivity contribution in [3.63, 3.8) is 0 Å². The van der Waals surface area contributed by atoms with Crippen LogP contribution in [0.1, 0.15) is 6.42 Å². The number of carboxylic acid groups (broad SMARTS) is 1. The predicted molar refractivity (Wildman–Crippen MR) is 88.6 cm³/mol. The lowest BCUT2D eigenvalue weighted by atomic mass is 10.1. The Hall–Kier alpha value is -1.93. The maximum atomic E-state index is 12.7. The molecule has 8 heteroatoms. The Morgan fingerprint density at radius 3 is 2.71 bits per heavy atom. The first kappa shape index (κ1) is 16.9. The molecule has 0 aromatic heterocycles. The third kappa shape index (κ3) is 3.16. The Bertz CT molecular complexity index is 680. The predicted octanol–water partition coefficient (Wildman–Crippen LogP) is 1.11. The van der Waals surface area contributed by atoms with Crippen molar-refractivity contribution in [3.05, 3.63) is 28.7 Å². The molecule has 128 valence electrons. The number of hydrogen-bond acceptors (Lipinski definition) is 4. The van der Waals surface area contributed by atoms with Gasteiger partial charge >= 0.3 is 5.97 Å². The fourth-order valence-corrected chi connectivity index (χ4v) is 3.54. The summed E-state index contributed by atoms with van der Waals surface area (Å²) in [7, 11) is 0. The number of halogens is 1. The van der Waals surface area contributed by atoms with Gasteiger partial charge in [0.2, 0.25) is 11.8 Å². The number of aliphatic carboxylic acids is 1. The number of amides is 2. The second-order valence-corrected chi connectivity index (χ2v) is 6.62. The molecule has 0 saturated carbocycles. The largest absolute Gasteiger partial charge is 0.479 e. The van der Waals surface area contributed by atoms with Crippen molar-refractivity contribution in [1.82, 2.24) is 4.90 Å². The minimum Gasteiger partial charge on any atom is -0.479 e. The maximum Gasteiger partial charge on any atom is 0.334 e. The van der Waals surface area contributed by atoms with Crippen LogP contribution >= 0.6 is 15.9 Å². The SMILES string of the molecule is O=C(O)[C@H]1CN(C(=O)[C@@H]2CCN(c3ccccc3Br)C2=O)CCO1. The van der Waals surface area contributed by atoms with E-state index in [1.807, 2.05) is 24.3 Å². The van der Waals surface area contributed by atoms with Crippen LogP contribution in [0.15, 0.2) is 28.7 Å². The molecule has 2 saturated heterocycles. The molecular weight excluding hydrogens is 380 g/mol. The number of nitrogens with zero attached hydrogens (tertiary/aromatic N) is 2. The summed E-state index contributed by atoms with van der Waals surface area (Å²) in [6, 6.07) is 7.36. The van der Waals surface area contributed by atoms with E-state index in [1.54, 1.807) is 4.90 Å². The van der Waals surface area contributed by atoms with Crippen LogP contribution < -0.4 is 4.90 Å². The zero-order valence-corrected chi connectivity index (χ0v) is 14.4. The second-order valence-electron chi connectivity index (χ2n) is 5.76. The normalized spacial score (nSPS) is 24.3. The summed E-state index contributed by atoms with van der Waals surface area (Å²) in [5.74, 6) is -2.42. The van der Waals surface area contributed by atoms with Gasteiger partial charge in [0, 0.05) is 17.6 Å². The minimum atomic E-state index is -1.10. The highest BCUT2D eigenvalue weighted by Crippen LogP contribution is 2.32. The number of anilines is 1. The van der Waals surface area contributed by atoms with Crippen LogP contribution in [0.3, 0.4) is 0 Å². The molecule has 2 fully saturated rings. The standard InChI is InChI=1S/C16H17BrN2O5/c17-11-3-1-2-4-12(11)19-6-5-10(15(19)21)14(20)18-7-8-24-13(9-18)16(22)23/h1-4,10,13H,5-9H2,(H,22,23)/t10-,13+/m0/s1. The van der Waals surface area contributed by atoms with E-state index in [-0.39, 0.29) is 25.0 Å².